The van der Waals surface area contributed by atoms with Gasteiger partial charge in [-0.3, -0.25) is 14.5 Å². The van der Waals surface area contributed by atoms with Crippen molar-refractivity contribution >= 4 is 16.8 Å². The second-order valence-corrected chi connectivity index (χ2v) is 7.36. The molecule has 29 heavy (non-hydrogen) atoms. The zero-order valence-corrected chi connectivity index (χ0v) is 16.4. The number of nitrogens with zero attached hydrogens (tertiary/aromatic N) is 1. The van der Waals surface area contributed by atoms with E-state index in [9.17, 15) is 9.59 Å². The molecule has 3 heterocycles. The van der Waals surface area contributed by atoms with Crippen molar-refractivity contribution in [2.45, 2.75) is 19.4 Å². The molecule has 0 bridgehead atoms. The van der Waals surface area contributed by atoms with Crippen LogP contribution < -0.4 is 10.9 Å². The van der Waals surface area contributed by atoms with Crippen molar-refractivity contribution in [1.29, 1.82) is 0 Å². The van der Waals surface area contributed by atoms with E-state index in [2.05, 4.69) is 15.2 Å². The molecular formula is C22H25N3O4. The number of pyridine rings is 1. The van der Waals surface area contributed by atoms with Crippen LogP contribution in [0.3, 0.4) is 0 Å². The summed E-state index contributed by atoms with van der Waals surface area (Å²) in [6, 6.07) is 11.3. The van der Waals surface area contributed by atoms with Gasteiger partial charge in [-0.25, -0.2) is 0 Å². The van der Waals surface area contributed by atoms with Crippen LogP contribution in [0.5, 0.6) is 0 Å². The fraction of sp³-hybridized carbons (Fsp3) is 0.364. The van der Waals surface area contributed by atoms with Gasteiger partial charge in [-0.1, -0.05) is 6.07 Å². The molecule has 4 rings (SSSR count). The number of aromatic nitrogens is 1. The molecule has 0 spiro atoms. The Hall–Kier alpha value is -2.90. The Balaban J connectivity index is 1.42. The highest BCUT2D eigenvalue weighted by atomic mass is 16.5. The number of aromatic amines is 1. The number of benzene rings is 1. The molecule has 2 N–H and O–H groups in total. The molecule has 0 saturated carbocycles. The van der Waals surface area contributed by atoms with E-state index in [0.717, 1.165) is 35.3 Å². The van der Waals surface area contributed by atoms with Gasteiger partial charge in [0.25, 0.3) is 5.56 Å². The third-order valence-corrected chi connectivity index (χ3v) is 5.31. The first-order valence-corrected chi connectivity index (χ1v) is 9.84. The van der Waals surface area contributed by atoms with Crippen LogP contribution in [0.1, 0.15) is 22.9 Å². The molecule has 1 aliphatic heterocycles. The van der Waals surface area contributed by atoms with Gasteiger partial charge in [0.15, 0.2) is 0 Å². The Kier molecular flexibility index (Phi) is 5.78. The SMILES string of the molecule is Cc1cc2cc(CC(=O)NCC(c3ccco3)N3CCOCC3)ccc2[nH]c1=O. The molecule has 1 aliphatic rings. The van der Waals surface area contributed by atoms with Crippen LogP contribution in [0, 0.1) is 6.92 Å². The number of hydrogen-bond donors (Lipinski definition) is 2. The van der Waals surface area contributed by atoms with Gasteiger partial charge in [0.05, 0.1) is 31.9 Å². The van der Waals surface area contributed by atoms with E-state index in [1.54, 1.807) is 13.2 Å². The number of ether oxygens (including phenoxy) is 1. The molecule has 3 aromatic rings. The highest BCUT2D eigenvalue weighted by Gasteiger charge is 2.25. The Bertz CT molecular complexity index is 1040. The summed E-state index contributed by atoms with van der Waals surface area (Å²) < 4.78 is 11.0. The lowest BCUT2D eigenvalue weighted by Crippen LogP contribution is -2.43. The van der Waals surface area contributed by atoms with E-state index in [-0.39, 0.29) is 23.9 Å². The van der Waals surface area contributed by atoms with Crippen LogP contribution in [0.25, 0.3) is 10.9 Å². The van der Waals surface area contributed by atoms with E-state index < -0.39 is 0 Å². The van der Waals surface area contributed by atoms with Crippen molar-refractivity contribution in [1.82, 2.24) is 15.2 Å². The third kappa shape index (κ3) is 4.58. The molecule has 1 amide bonds. The number of morpholine rings is 1. The molecule has 1 fully saturated rings. The summed E-state index contributed by atoms with van der Waals surface area (Å²) >= 11 is 0. The average Bonchev–Trinajstić information content (AvgIpc) is 3.25. The van der Waals surface area contributed by atoms with Gasteiger partial charge in [-0.2, -0.15) is 0 Å². The van der Waals surface area contributed by atoms with E-state index in [0.29, 0.717) is 25.3 Å². The molecule has 2 aromatic heterocycles. The molecule has 1 atom stereocenters. The van der Waals surface area contributed by atoms with Gasteiger partial charge in [-0.15, -0.1) is 0 Å². The topological polar surface area (TPSA) is 87.6 Å². The zero-order valence-electron chi connectivity index (χ0n) is 16.4. The Morgan fingerprint density at radius 2 is 2.07 bits per heavy atom. The van der Waals surface area contributed by atoms with Crippen LogP contribution in [0.2, 0.25) is 0 Å². The first-order valence-electron chi connectivity index (χ1n) is 9.84. The summed E-state index contributed by atoms with van der Waals surface area (Å²) in [5.74, 6) is 0.799. The van der Waals surface area contributed by atoms with Crippen molar-refractivity contribution < 1.29 is 13.9 Å². The maximum Gasteiger partial charge on any atom is 0.251 e. The zero-order chi connectivity index (χ0) is 20.2. The summed E-state index contributed by atoms with van der Waals surface area (Å²) in [6.45, 7) is 5.24. The summed E-state index contributed by atoms with van der Waals surface area (Å²) in [5.41, 5.74) is 2.25. The first kappa shape index (κ1) is 19.4. The van der Waals surface area contributed by atoms with Gasteiger partial charge in [0.1, 0.15) is 5.76 Å². The second-order valence-electron chi connectivity index (χ2n) is 7.36. The maximum absolute atomic E-state index is 12.6. The maximum atomic E-state index is 12.6. The van der Waals surface area contributed by atoms with E-state index in [1.165, 1.54) is 0 Å². The molecular weight excluding hydrogens is 370 g/mol. The van der Waals surface area contributed by atoms with Gasteiger partial charge in [0, 0.05) is 30.7 Å². The van der Waals surface area contributed by atoms with Crippen LogP contribution in [-0.2, 0) is 16.0 Å². The van der Waals surface area contributed by atoms with Gasteiger partial charge in [0.2, 0.25) is 5.91 Å². The highest BCUT2D eigenvalue weighted by Crippen LogP contribution is 2.22. The van der Waals surface area contributed by atoms with Crippen LogP contribution in [0.4, 0.5) is 0 Å². The molecule has 7 heteroatoms. The smallest absolute Gasteiger partial charge is 0.251 e. The predicted octanol–water partition coefficient (Wildman–Crippen LogP) is 2.16. The molecule has 1 unspecified atom stereocenters. The van der Waals surface area contributed by atoms with Crippen molar-refractivity contribution in [3.8, 4) is 0 Å². The Morgan fingerprint density at radius 3 is 2.83 bits per heavy atom. The monoisotopic (exact) mass is 395 g/mol. The summed E-state index contributed by atoms with van der Waals surface area (Å²) in [5, 5.41) is 3.97. The van der Waals surface area contributed by atoms with E-state index >= 15 is 0 Å². The lowest BCUT2D eigenvalue weighted by molar-refractivity contribution is -0.120. The number of hydrogen-bond acceptors (Lipinski definition) is 5. The number of carbonyl (C=O) groups is 1. The third-order valence-electron chi connectivity index (χ3n) is 5.31. The number of amides is 1. The number of H-pyrrole nitrogens is 1. The van der Waals surface area contributed by atoms with Crippen molar-refractivity contribution in [3.05, 3.63) is 69.9 Å². The van der Waals surface area contributed by atoms with Gasteiger partial charge >= 0.3 is 0 Å². The van der Waals surface area contributed by atoms with Crippen molar-refractivity contribution in [2.24, 2.45) is 0 Å². The summed E-state index contributed by atoms with van der Waals surface area (Å²) in [6.07, 6.45) is 1.94. The average molecular weight is 395 g/mol. The standard InChI is InChI=1S/C22H25N3O4/c1-15-11-17-12-16(4-5-18(17)24-22(15)27)13-21(26)23-14-19(20-3-2-8-29-20)25-6-9-28-10-7-25/h2-5,8,11-12,19H,6-7,9-10,13-14H2,1H3,(H,23,26)(H,24,27). The number of rotatable bonds is 6. The number of aryl methyl sites for hydroxylation is 1. The first-order chi connectivity index (χ1) is 14.1. The minimum absolute atomic E-state index is 0.0119. The summed E-state index contributed by atoms with van der Waals surface area (Å²) in [4.78, 5) is 29.4. The fourth-order valence-corrected chi connectivity index (χ4v) is 3.71. The largest absolute Gasteiger partial charge is 0.468 e. The molecule has 1 aromatic carbocycles. The lowest BCUT2D eigenvalue weighted by atomic mass is 10.1. The van der Waals surface area contributed by atoms with E-state index in [1.807, 2.05) is 36.4 Å². The van der Waals surface area contributed by atoms with Crippen LogP contribution in [0.15, 0.2) is 51.9 Å². The normalized spacial score (nSPS) is 16.0. The fourth-order valence-electron chi connectivity index (χ4n) is 3.71. The molecule has 0 radical (unpaired) electrons. The van der Waals surface area contributed by atoms with Crippen molar-refractivity contribution in [2.75, 3.05) is 32.8 Å². The number of nitrogens with one attached hydrogen (secondary N) is 2. The molecule has 1 saturated heterocycles. The van der Waals surface area contributed by atoms with Gasteiger partial charge < -0.3 is 19.5 Å². The highest BCUT2D eigenvalue weighted by molar-refractivity contribution is 5.83. The number of furan rings is 1. The second kappa shape index (κ2) is 8.63. The number of fused-ring (bicyclic) bond motifs is 1. The van der Waals surface area contributed by atoms with Gasteiger partial charge in [-0.05, 0) is 48.2 Å². The van der Waals surface area contributed by atoms with Crippen LogP contribution in [-0.4, -0.2) is 48.6 Å². The van der Waals surface area contributed by atoms with Crippen LogP contribution >= 0.6 is 0 Å². The van der Waals surface area contributed by atoms with E-state index in [4.69, 9.17) is 9.15 Å². The van der Waals surface area contributed by atoms with Crippen molar-refractivity contribution in [3.63, 3.8) is 0 Å². The minimum atomic E-state index is -0.0879. The minimum Gasteiger partial charge on any atom is -0.468 e. The summed E-state index contributed by atoms with van der Waals surface area (Å²) in [7, 11) is 0. The predicted molar refractivity (Wildman–Crippen MR) is 110 cm³/mol. The molecule has 0 aliphatic carbocycles. The molecule has 152 valence electrons. The molecule has 7 nitrogen and oxygen atoms in total. The quantitative estimate of drug-likeness (QED) is 0.668. The Labute approximate surface area is 168 Å². The number of carbonyl (C=O) groups excluding carboxylic acids is 1. The Morgan fingerprint density at radius 1 is 1.24 bits per heavy atom. The lowest BCUT2D eigenvalue weighted by Gasteiger charge is -2.33.